The van der Waals surface area contributed by atoms with Gasteiger partial charge in [-0.25, -0.2) is 9.48 Å². The molecule has 174 valence electrons. The van der Waals surface area contributed by atoms with Crippen molar-refractivity contribution in [2.45, 2.75) is 26.4 Å². The maximum Gasteiger partial charge on any atom is 0.335 e. The second-order valence-corrected chi connectivity index (χ2v) is 9.54. The minimum atomic E-state index is -0.957. The zero-order chi connectivity index (χ0) is 24.4. The van der Waals surface area contributed by atoms with Gasteiger partial charge in [-0.2, -0.15) is 0 Å². The summed E-state index contributed by atoms with van der Waals surface area (Å²) in [6.07, 6.45) is 0. The number of carboxylic acid groups (broad SMARTS) is 1. The van der Waals surface area contributed by atoms with E-state index < -0.39 is 5.97 Å². The van der Waals surface area contributed by atoms with Gasteiger partial charge in [-0.1, -0.05) is 76.4 Å². The highest BCUT2D eigenvalue weighted by atomic mass is 79.9. The van der Waals surface area contributed by atoms with Gasteiger partial charge in [0.15, 0.2) is 0 Å². The van der Waals surface area contributed by atoms with Crippen molar-refractivity contribution in [3.8, 4) is 22.6 Å². The second-order valence-electron chi connectivity index (χ2n) is 7.87. The Labute approximate surface area is 215 Å². The van der Waals surface area contributed by atoms with Crippen LogP contribution in [-0.2, 0) is 6.61 Å². The van der Waals surface area contributed by atoms with Crippen LogP contribution in [0.2, 0.25) is 10.0 Å². The normalized spacial score (nSPS) is 11.1. The van der Waals surface area contributed by atoms with Crippen LogP contribution in [0.5, 0.6) is 5.75 Å². The monoisotopic (exact) mass is 559 g/mol. The summed E-state index contributed by atoms with van der Waals surface area (Å²) in [5.74, 6) is -0.191. The number of hydrogen-bond donors (Lipinski definition) is 1. The Hall–Kier alpha value is -2.87. The van der Waals surface area contributed by atoms with E-state index in [0.29, 0.717) is 21.5 Å². The van der Waals surface area contributed by atoms with E-state index in [4.69, 9.17) is 33.0 Å². The first-order chi connectivity index (χ1) is 16.3. The van der Waals surface area contributed by atoms with E-state index in [1.54, 1.807) is 47.1 Å². The molecule has 0 atom stereocenters. The molecule has 4 rings (SSSR count). The van der Waals surface area contributed by atoms with Crippen LogP contribution in [0.15, 0.2) is 65.1 Å². The lowest BCUT2D eigenvalue weighted by atomic mass is 10.0. The highest BCUT2D eigenvalue weighted by molar-refractivity contribution is 9.10. The fraction of sp³-hybridized carbons (Fsp3) is 0.160. The molecule has 1 N–H and O–H groups in total. The van der Waals surface area contributed by atoms with Crippen molar-refractivity contribution >= 4 is 45.1 Å². The molecule has 1 aromatic heterocycles. The van der Waals surface area contributed by atoms with Crippen molar-refractivity contribution in [1.29, 1.82) is 0 Å². The van der Waals surface area contributed by atoms with E-state index in [1.807, 2.05) is 32.0 Å². The summed E-state index contributed by atoms with van der Waals surface area (Å²) in [5.41, 5.74) is 4.16. The molecule has 0 aliphatic carbocycles. The number of ether oxygens (including phenoxy) is 1. The fourth-order valence-electron chi connectivity index (χ4n) is 3.53. The molecular weight excluding hydrogens is 541 g/mol. The van der Waals surface area contributed by atoms with Crippen molar-refractivity contribution < 1.29 is 14.6 Å². The molecule has 0 radical (unpaired) electrons. The Bertz CT molecular complexity index is 1330. The summed E-state index contributed by atoms with van der Waals surface area (Å²) < 4.78 is 8.56. The summed E-state index contributed by atoms with van der Waals surface area (Å²) in [6, 6.07) is 17.6. The molecule has 0 aliphatic heterocycles. The third-order valence-corrected chi connectivity index (χ3v) is 6.51. The van der Waals surface area contributed by atoms with Gasteiger partial charge < -0.3 is 9.84 Å². The molecule has 0 saturated heterocycles. The number of carbonyl (C=O) groups is 1. The van der Waals surface area contributed by atoms with E-state index >= 15 is 0 Å². The predicted octanol–water partition coefficient (Wildman–Crippen LogP) is 7.40. The average Bonchev–Trinajstić information content (AvgIpc) is 3.21. The highest BCUT2D eigenvalue weighted by Gasteiger charge is 2.21. The van der Waals surface area contributed by atoms with Gasteiger partial charge in [0, 0.05) is 4.47 Å². The van der Waals surface area contributed by atoms with Crippen molar-refractivity contribution in [2.75, 3.05) is 0 Å². The largest absolute Gasteiger partial charge is 0.487 e. The van der Waals surface area contributed by atoms with Crippen LogP contribution in [-0.4, -0.2) is 26.1 Å². The van der Waals surface area contributed by atoms with Gasteiger partial charge in [-0.15, -0.1) is 5.10 Å². The standard InChI is InChI=1S/C25H20BrCl2N3O3/c1-14(2)23-22(31(30-29-23)24-20(27)4-3-5-21(24)28)13-34-17-10-11-18(19(26)12-17)15-6-8-16(9-7-15)25(32)33/h3-12,14H,13H2,1-2H3,(H,32,33). The summed E-state index contributed by atoms with van der Waals surface area (Å²) in [6.45, 7) is 4.28. The Balaban J connectivity index is 1.61. The molecule has 0 amide bonds. The van der Waals surface area contributed by atoms with Crippen LogP contribution in [0.4, 0.5) is 0 Å². The van der Waals surface area contributed by atoms with Crippen molar-refractivity contribution in [2.24, 2.45) is 0 Å². The van der Waals surface area contributed by atoms with Gasteiger partial charge in [0.05, 0.1) is 21.3 Å². The highest BCUT2D eigenvalue weighted by Crippen LogP contribution is 2.34. The molecule has 0 spiro atoms. The summed E-state index contributed by atoms with van der Waals surface area (Å²) in [4.78, 5) is 11.1. The molecule has 0 aliphatic rings. The summed E-state index contributed by atoms with van der Waals surface area (Å²) >= 11 is 16.4. The van der Waals surface area contributed by atoms with Gasteiger partial charge in [0.2, 0.25) is 0 Å². The van der Waals surface area contributed by atoms with Crippen LogP contribution in [0.3, 0.4) is 0 Å². The lowest BCUT2D eigenvalue weighted by Crippen LogP contribution is -2.09. The fourth-order valence-corrected chi connectivity index (χ4v) is 4.68. The molecule has 9 heteroatoms. The Morgan fingerprint density at radius 2 is 1.76 bits per heavy atom. The number of aromatic carboxylic acids is 1. The molecule has 3 aromatic carbocycles. The van der Waals surface area contributed by atoms with Crippen molar-refractivity contribution in [3.63, 3.8) is 0 Å². The Morgan fingerprint density at radius 1 is 1.09 bits per heavy atom. The van der Waals surface area contributed by atoms with Gasteiger partial charge in [0.1, 0.15) is 23.7 Å². The minimum absolute atomic E-state index is 0.122. The molecule has 4 aromatic rings. The molecule has 0 fully saturated rings. The molecule has 0 saturated carbocycles. The first kappa shape index (κ1) is 24.3. The van der Waals surface area contributed by atoms with Crippen LogP contribution in [0, 0.1) is 0 Å². The second kappa shape index (κ2) is 10.2. The first-order valence-electron chi connectivity index (χ1n) is 10.4. The van der Waals surface area contributed by atoms with Crippen LogP contribution < -0.4 is 4.74 Å². The maximum absolute atomic E-state index is 11.1. The summed E-state index contributed by atoms with van der Waals surface area (Å²) in [7, 11) is 0. The number of rotatable bonds is 7. The minimum Gasteiger partial charge on any atom is -0.487 e. The van der Waals surface area contributed by atoms with Gasteiger partial charge >= 0.3 is 5.97 Å². The molecular formula is C25H20BrCl2N3O3. The number of hydrogen-bond acceptors (Lipinski definition) is 4. The Kier molecular flexibility index (Phi) is 7.26. The van der Waals surface area contributed by atoms with Crippen LogP contribution >= 0.6 is 39.1 Å². The van der Waals surface area contributed by atoms with Gasteiger partial charge in [-0.3, -0.25) is 0 Å². The summed E-state index contributed by atoms with van der Waals surface area (Å²) in [5, 5.41) is 18.7. The van der Waals surface area contributed by atoms with Crippen LogP contribution in [0.1, 0.15) is 41.5 Å². The van der Waals surface area contributed by atoms with Crippen molar-refractivity contribution in [3.05, 3.63) is 92.1 Å². The third-order valence-electron chi connectivity index (χ3n) is 5.25. The lowest BCUT2D eigenvalue weighted by Gasteiger charge is -2.14. The molecule has 1 heterocycles. The van der Waals surface area contributed by atoms with Gasteiger partial charge in [-0.05, 0) is 59.5 Å². The SMILES string of the molecule is CC(C)c1nnn(-c2c(Cl)cccc2Cl)c1COc1ccc(-c2ccc(C(=O)O)cc2)c(Br)c1. The third kappa shape index (κ3) is 4.97. The average molecular weight is 561 g/mol. The van der Waals surface area contributed by atoms with Gasteiger partial charge in [0.25, 0.3) is 0 Å². The quantitative estimate of drug-likeness (QED) is 0.255. The number of benzene rings is 3. The number of carboxylic acids is 1. The smallest absolute Gasteiger partial charge is 0.335 e. The van der Waals surface area contributed by atoms with Crippen molar-refractivity contribution in [1.82, 2.24) is 15.0 Å². The van der Waals surface area contributed by atoms with E-state index in [9.17, 15) is 4.79 Å². The number of nitrogens with zero attached hydrogens (tertiary/aromatic N) is 3. The molecule has 0 bridgehead atoms. The maximum atomic E-state index is 11.1. The molecule has 0 unspecified atom stereocenters. The Morgan fingerprint density at radius 3 is 2.35 bits per heavy atom. The lowest BCUT2D eigenvalue weighted by molar-refractivity contribution is 0.0697. The first-order valence-corrected chi connectivity index (χ1v) is 12.0. The van der Waals surface area contributed by atoms with E-state index in [0.717, 1.165) is 27.0 Å². The van der Waals surface area contributed by atoms with E-state index in [-0.39, 0.29) is 18.1 Å². The van der Waals surface area contributed by atoms with E-state index in [2.05, 4.69) is 26.2 Å². The molecule has 6 nitrogen and oxygen atoms in total. The van der Waals surface area contributed by atoms with E-state index in [1.165, 1.54) is 0 Å². The predicted molar refractivity (Wildman–Crippen MR) is 136 cm³/mol. The zero-order valence-corrected chi connectivity index (χ0v) is 21.4. The molecule has 34 heavy (non-hydrogen) atoms. The number of para-hydroxylation sites is 1. The van der Waals surface area contributed by atoms with Crippen LogP contribution in [0.25, 0.3) is 16.8 Å². The topological polar surface area (TPSA) is 77.2 Å². The number of aromatic nitrogens is 3. The number of halogens is 3. The zero-order valence-electron chi connectivity index (χ0n) is 18.3.